The van der Waals surface area contributed by atoms with E-state index in [1.807, 2.05) is 31.2 Å². The minimum Gasteiger partial charge on any atom is -0.385 e. The van der Waals surface area contributed by atoms with Crippen molar-refractivity contribution in [3.8, 4) is 0 Å². The Balaban J connectivity index is 1.84. The highest BCUT2D eigenvalue weighted by Crippen LogP contribution is 2.14. The molecule has 2 rings (SSSR count). The average Bonchev–Trinajstić information content (AvgIpc) is 2.64. The number of aromatic nitrogens is 3. The van der Waals surface area contributed by atoms with Crippen molar-refractivity contribution in [1.82, 2.24) is 15.2 Å². The third-order valence-electron chi connectivity index (χ3n) is 2.15. The molecule has 0 radical (unpaired) electrons. The number of H-pyrrole nitrogens is 1. The zero-order valence-electron chi connectivity index (χ0n) is 9.00. The molecule has 0 unspecified atom stereocenters. The van der Waals surface area contributed by atoms with Gasteiger partial charge in [-0.05, 0) is 25.1 Å². The molecule has 0 aliphatic heterocycles. The quantitative estimate of drug-likeness (QED) is 0.857. The Morgan fingerprint density at radius 3 is 3.00 bits per heavy atom. The Labute approximate surface area is 99.1 Å². The molecule has 1 heterocycles. The molecule has 0 spiro atoms. The van der Waals surface area contributed by atoms with Crippen molar-refractivity contribution in [1.29, 1.82) is 0 Å². The van der Waals surface area contributed by atoms with Gasteiger partial charge in [-0.3, -0.25) is 5.10 Å². The van der Waals surface area contributed by atoms with E-state index >= 15 is 0 Å². The number of hydrogen-bond acceptors (Lipinski definition) is 3. The molecule has 0 saturated carbocycles. The molecule has 5 heteroatoms. The van der Waals surface area contributed by atoms with Gasteiger partial charge in [-0.15, -0.1) is 0 Å². The van der Waals surface area contributed by atoms with Crippen molar-refractivity contribution in [3.05, 3.63) is 40.9 Å². The summed E-state index contributed by atoms with van der Waals surface area (Å²) in [6, 6.07) is 7.65. The van der Waals surface area contributed by atoms with Gasteiger partial charge in [0.2, 0.25) is 0 Å². The minimum absolute atomic E-state index is 0.735. The fourth-order valence-electron chi connectivity index (χ4n) is 1.42. The van der Waals surface area contributed by atoms with Gasteiger partial charge >= 0.3 is 0 Å². The van der Waals surface area contributed by atoms with Crippen molar-refractivity contribution in [2.24, 2.45) is 0 Å². The maximum Gasteiger partial charge on any atom is 0.152 e. The van der Waals surface area contributed by atoms with Crippen molar-refractivity contribution >= 4 is 17.3 Å². The SMILES string of the molecule is Cc1nc(CCNc2cccc(Cl)c2)n[nH]1. The molecule has 0 bridgehead atoms. The third-order valence-corrected chi connectivity index (χ3v) is 2.38. The van der Waals surface area contributed by atoms with E-state index in [0.29, 0.717) is 0 Å². The molecule has 84 valence electrons. The first-order valence-electron chi connectivity index (χ1n) is 5.11. The van der Waals surface area contributed by atoms with E-state index in [2.05, 4.69) is 20.5 Å². The Morgan fingerprint density at radius 2 is 2.31 bits per heavy atom. The van der Waals surface area contributed by atoms with Crippen LogP contribution in [-0.2, 0) is 6.42 Å². The van der Waals surface area contributed by atoms with Crippen LogP contribution in [0.4, 0.5) is 5.69 Å². The van der Waals surface area contributed by atoms with E-state index in [9.17, 15) is 0 Å². The van der Waals surface area contributed by atoms with Crippen LogP contribution in [0.5, 0.6) is 0 Å². The largest absolute Gasteiger partial charge is 0.385 e. The first-order chi connectivity index (χ1) is 7.74. The van der Waals surface area contributed by atoms with Crippen LogP contribution in [-0.4, -0.2) is 21.7 Å². The lowest BCUT2D eigenvalue weighted by molar-refractivity contribution is 0.901. The molecule has 1 aromatic carbocycles. The molecule has 4 nitrogen and oxygen atoms in total. The Kier molecular flexibility index (Phi) is 3.41. The second kappa shape index (κ2) is 4.99. The first-order valence-corrected chi connectivity index (χ1v) is 5.49. The maximum atomic E-state index is 5.87. The third kappa shape index (κ3) is 2.97. The van der Waals surface area contributed by atoms with E-state index in [-0.39, 0.29) is 0 Å². The number of rotatable bonds is 4. The fourth-order valence-corrected chi connectivity index (χ4v) is 1.61. The minimum atomic E-state index is 0.735. The zero-order chi connectivity index (χ0) is 11.4. The second-order valence-electron chi connectivity index (χ2n) is 3.52. The molecule has 0 fully saturated rings. The fraction of sp³-hybridized carbons (Fsp3) is 0.273. The summed E-state index contributed by atoms with van der Waals surface area (Å²) in [5.74, 6) is 1.67. The molecule has 0 aliphatic rings. The monoisotopic (exact) mass is 236 g/mol. The molecule has 16 heavy (non-hydrogen) atoms. The molecule has 0 saturated heterocycles. The van der Waals surface area contributed by atoms with Gasteiger partial charge in [0.05, 0.1) is 0 Å². The highest BCUT2D eigenvalue weighted by molar-refractivity contribution is 6.30. The van der Waals surface area contributed by atoms with E-state index in [1.165, 1.54) is 0 Å². The summed E-state index contributed by atoms with van der Waals surface area (Å²) in [6.07, 6.45) is 0.789. The number of benzene rings is 1. The van der Waals surface area contributed by atoms with Gasteiger partial charge in [-0.2, -0.15) is 5.10 Å². The van der Waals surface area contributed by atoms with Crippen LogP contribution in [0.15, 0.2) is 24.3 Å². The van der Waals surface area contributed by atoms with Crippen molar-refractivity contribution in [2.45, 2.75) is 13.3 Å². The maximum absolute atomic E-state index is 5.87. The standard InChI is InChI=1S/C11H13ClN4/c1-8-14-11(16-15-8)5-6-13-10-4-2-3-9(12)7-10/h2-4,7,13H,5-6H2,1H3,(H,14,15,16). The number of hydrogen-bond donors (Lipinski definition) is 2. The summed E-state index contributed by atoms with van der Waals surface area (Å²) in [4.78, 5) is 4.23. The first kappa shape index (κ1) is 11.0. The van der Waals surface area contributed by atoms with E-state index in [4.69, 9.17) is 11.6 Å². The number of halogens is 1. The lowest BCUT2D eigenvalue weighted by atomic mass is 10.3. The number of nitrogens with zero attached hydrogens (tertiary/aromatic N) is 2. The van der Waals surface area contributed by atoms with Crippen LogP contribution < -0.4 is 5.32 Å². The predicted octanol–water partition coefficient (Wildman–Crippen LogP) is 2.42. The van der Waals surface area contributed by atoms with Crippen LogP contribution in [0, 0.1) is 6.92 Å². The molecule has 2 N–H and O–H groups in total. The van der Waals surface area contributed by atoms with Gasteiger partial charge in [0.25, 0.3) is 0 Å². The lowest BCUT2D eigenvalue weighted by Gasteiger charge is -2.04. The highest BCUT2D eigenvalue weighted by Gasteiger charge is 1.99. The second-order valence-corrected chi connectivity index (χ2v) is 3.96. The Bertz CT molecular complexity index is 467. The summed E-state index contributed by atoms with van der Waals surface area (Å²) in [7, 11) is 0. The summed E-state index contributed by atoms with van der Waals surface area (Å²) in [6.45, 7) is 2.68. The lowest BCUT2D eigenvalue weighted by Crippen LogP contribution is -2.05. The Morgan fingerprint density at radius 1 is 1.44 bits per heavy atom. The smallest absolute Gasteiger partial charge is 0.152 e. The Hall–Kier alpha value is -1.55. The molecule has 0 amide bonds. The normalized spacial score (nSPS) is 10.4. The number of anilines is 1. The van der Waals surface area contributed by atoms with Gasteiger partial charge < -0.3 is 5.32 Å². The van der Waals surface area contributed by atoms with Crippen LogP contribution >= 0.6 is 11.6 Å². The van der Waals surface area contributed by atoms with E-state index in [0.717, 1.165) is 35.3 Å². The van der Waals surface area contributed by atoms with Crippen molar-refractivity contribution < 1.29 is 0 Å². The molecule has 0 aliphatic carbocycles. The summed E-state index contributed by atoms with van der Waals surface area (Å²) in [5, 5.41) is 10.9. The van der Waals surface area contributed by atoms with Crippen LogP contribution in [0.3, 0.4) is 0 Å². The van der Waals surface area contributed by atoms with E-state index in [1.54, 1.807) is 0 Å². The average molecular weight is 237 g/mol. The summed E-state index contributed by atoms with van der Waals surface area (Å²) < 4.78 is 0. The number of nitrogens with one attached hydrogen (secondary N) is 2. The van der Waals surface area contributed by atoms with Crippen LogP contribution in [0.1, 0.15) is 11.6 Å². The van der Waals surface area contributed by atoms with Crippen molar-refractivity contribution in [3.63, 3.8) is 0 Å². The van der Waals surface area contributed by atoms with Gasteiger partial charge in [0, 0.05) is 23.7 Å². The zero-order valence-corrected chi connectivity index (χ0v) is 9.75. The van der Waals surface area contributed by atoms with Gasteiger partial charge in [0.15, 0.2) is 5.82 Å². The summed E-state index contributed by atoms with van der Waals surface area (Å²) >= 11 is 5.87. The van der Waals surface area contributed by atoms with Gasteiger partial charge in [-0.1, -0.05) is 17.7 Å². The number of aromatic amines is 1. The summed E-state index contributed by atoms with van der Waals surface area (Å²) in [5.41, 5.74) is 1.01. The van der Waals surface area contributed by atoms with Gasteiger partial charge in [0.1, 0.15) is 5.82 Å². The predicted molar refractivity (Wildman–Crippen MR) is 64.8 cm³/mol. The van der Waals surface area contributed by atoms with Crippen molar-refractivity contribution in [2.75, 3.05) is 11.9 Å². The number of aryl methyl sites for hydroxylation is 1. The topological polar surface area (TPSA) is 53.6 Å². The molecule has 0 atom stereocenters. The van der Waals surface area contributed by atoms with Crippen LogP contribution in [0.25, 0.3) is 0 Å². The van der Waals surface area contributed by atoms with Crippen LogP contribution in [0.2, 0.25) is 5.02 Å². The molecule has 2 aromatic rings. The van der Waals surface area contributed by atoms with Gasteiger partial charge in [-0.25, -0.2) is 4.98 Å². The molecular formula is C11H13ClN4. The molecular weight excluding hydrogens is 224 g/mol. The molecule has 1 aromatic heterocycles. The highest BCUT2D eigenvalue weighted by atomic mass is 35.5. The van der Waals surface area contributed by atoms with E-state index < -0.39 is 0 Å².